The van der Waals surface area contributed by atoms with Crippen LogP contribution in [0, 0.1) is 0 Å². The van der Waals surface area contributed by atoms with Crippen molar-refractivity contribution < 1.29 is 38.4 Å². The molecule has 0 aromatic carbocycles. The number of thiazole rings is 1. The zero-order valence-electron chi connectivity index (χ0n) is 20.9. The number of aromatic amines is 1. The molecule has 1 saturated heterocycles. The molecule has 5 rings (SSSR count). The van der Waals surface area contributed by atoms with E-state index in [0.29, 0.717) is 5.57 Å². The fourth-order valence-corrected chi connectivity index (χ4v) is 6.08. The number of carbonyl (C=O) groups excluding carboxylic acids is 4. The molecule has 0 spiro atoms. The minimum Gasteiger partial charge on any atom is -0.543 e. The van der Waals surface area contributed by atoms with E-state index in [1.807, 2.05) is 0 Å². The number of fused-ring (bicyclic) bond motifs is 2. The third kappa shape index (κ3) is 5.32. The molecule has 0 radical (unpaired) electrons. The van der Waals surface area contributed by atoms with Gasteiger partial charge in [-0.1, -0.05) is 5.16 Å². The second-order valence-corrected chi connectivity index (χ2v) is 10.5. The Bertz CT molecular complexity index is 1570. The molecule has 0 saturated carbocycles. The van der Waals surface area contributed by atoms with E-state index < -0.39 is 41.8 Å². The second kappa shape index (κ2) is 11.3. The number of ether oxygens (including phenoxy) is 1. The molecular weight excluding hydrogens is 564 g/mol. The Balaban J connectivity index is 1.32. The summed E-state index contributed by atoms with van der Waals surface area (Å²) in [6.07, 6.45) is 5.11. The summed E-state index contributed by atoms with van der Waals surface area (Å²) >= 11 is 2.36. The van der Waals surface area contributed by atoms with Crippen molar-refractivity contribution in [2.75, 3.05) is 24.7 Å². The number of thioether (sulfide) groups is 1. The predicted octanol–water partition coefficient (Wildman–Crippen LogP) is -1.72. The molecule has 0 aliphatic carbocycles. The van der Waals surface area contributed by atoms with Crippen molar-refractivity contribution in [3.8, 4) is 0 Å². The van der Waals surface area contributed by atoms with Gasteiger partial charge in [-0.15, -0.1) is 23.1 Å². The fourth-order valence-electron chi connectivity index (χ4n) is 4.20. The summed E-state index contributed by atoms with van der Waals surface area (Å²) < 4.78 is 6.55. The molecule has 40 heavy (non-hydrogen) atoms. The number of rotatable bonds is 10. The quantitative estimate of drug-likeness (QED) is 0.0800. The number of β-lactam (4-membered cyclic amide) rings is 1. The Hall–Kier alpha value is -4.51. The van der Waals surface area contributed by atoms with Gasteiger partial charge < -0.3 is 35.5 Å². The van der Waals surface area contributed by atoms with E-state index in [9.17, 15) is 24.3 Å². The highest BCUT2D eigenvalue weighted by molar-refractivity contribution is 8.00. The number of aliphatic carboxylic acids is 1. The summed E-state index contributed by atoms with van der Waals surface area (Å²) in [6, 6.07) is 0.740. The number of hydrogen-bond acceptors (Lipinski definition) is 13. The van der Waals surface area contributed by atoms with Gasteiger partial charge >= 0.3 is 5.97 Å². The van der Waals surface area contributed by atoms with Crippen LogP contribution in [0.25, 0.3) is 11.0 Å². The van der Waals surface area contributed by atoms with Crippen molar-refractivity contribution in [3.05, 3.63) is 47.1 Å². The molecule has 0 bridgehead atoms. The number of nitrogen functional groups attached to an aromatic ring is 1. The molecule has 17 heteroatoms. The number of carboxylic acids is 1. The SMILES string of the molecule is CCOC(=O)CON=C(C(=O)NC1C(=O)N2C(C(=O)[O-])=C(C[n+]3ccc4nc[nH]c4c3)CS[C@@H]12)c1csc(N)n1. The van der Waals surface area contributed by atoms with Crippen molar-refractivity contribution in [2.24, 2.45) is 5.16 Å². The first kappa shape index (κ1) is 27.1. The summed E-state index contributed by atoms with van der Waals surface area (Å²) in [4.78, 5) is 67.2. The molecule has 5 heterocycles. The molecule has 4 N–H and O–H groups in total. The van der Waals surface area contributed by atoms with Crippen molar-refractivity contribution in [3.63, 3.8) is 0 Å². The largest absolute Gasteiger partial charge is 0.543 e. The normalized spacial score (nSPS) is 18.8. The van der Waals surface area contributed by atoms with Crippen LogP contribution in [0.1, 0.15) is 12.6 Å². The van der Waals surface area contributed by atoms with Gasteiger partial charge in [-0.05, 0) is 6.92 Å². The third-order valence-corrected chi connectivity index (χ3v) is 7.96. The molecule has 2 aliphatic heterocycles. The number of carbonyl (C=O) groups is 4. The van der Waals surface area contributed by atoms with E-state index in [2.05, 4.69) is 25.4 Å². The van der Waals surface area contributed by atoms with Crippen LogP contribution in [0.15, 0.2) is 46.6 Å². The number of imidazole rings is 1. The number of anilines is 1. The number of nitrogens with one attached hydrogen (secondary N) is 2. The lowest BCUT2D eigenvalue weighted by atomic mass is 10.0. The maximum absolute atomic E-state index is 13.1. The van der Waals surface area contributed by atoms with E-state index in [1.165, 1.54) is 17.1 Å². The second-order valence-electron chi connectivity index (χ2n) is 8.51. The van der Waals surface area contributed by atoms with Crippen LogP contribution in [-0.4, -0.2) is 79.7 Å². The van der Waals surface area contributed by atoms with Gasteiger partial charge in [0.2, 0.25) is 6.61 Å². The molecule has 2 amide bonds. The van der Waals surface area contributed by atoms with Gasteiger partial charge in [0, 0.05) is 22.8 Å². The molecule has 1 fully saturated rings. The lowest BCUT2D eigenvalue weighted by Gasteiger charge is -2.50. The number of amides is 2. The Labute approximate surface area is 234 Å². The van der Waals surface area contributed by atoms with E-state index in [4.69, 9.17) is 15.3 Å². The van der Waals surface area contributed by atoms with Gasteiger partial charge in [-0.2, -0.15) is 4.57 Å². The Morgan fingerprint density at radius 3 is 2.95 bits per heavy atom. The lowest BCUT2D eigenvalue weighted by Crippen LogP contribution is -2.71. The highest BCUT2D eigenvalue weighted by atomic mass is 32.2. The van der Waals surface area contributed by atoms with Gasteiger partial charge in [-0.3, -0.25) is 14.5 Å². The smallest absolute Gasteiger partial charge is 0.347 e. The summed E-state index contributed by atoms with van der Waals surface area (Å²) in [5, 5.41) is 19.4. The molecular formula is C23H22N8O7S2. The van der Waals surface area contributed by atoms with Gasteiger partial charge in [0.15, 0.2) is 29.8 Å². The minimum absolute atomic E-state index is 0.0765. The number of esters is 1. The number of pyridine rings is 1. The van der Waals surface area contributed by atoms with E-state index >= 15 is 0 Å². The van der Waals surface area contributed by atoms with Crippen LogP contribution in [0.3, 0.4) is 0 Å². The molecule has 2 atom stereocenters. The third-order valence-electron chi connectivity index (χ3n) is 5.94. The highest BCUT2D eigenvalue weighted by Crippen LogP contribution is 2.40. The molecule has 15 nitrogen and oxygen atoms in total. The highest BCUT2D eigenvalue weighted by Gasteiger charge is 2.53. The summed E-state index contributed by atoms with van der Waals surface area (Å²) in [5.41, 5.74) is 7.23. The van der Waals surface area contributed by atoms with Crippen molar-refractivity contribution >= 4 is 68.7 Å². The van der Waals surface area contributed by atoms with Crippen LogP contribution >= 0.6 is 23.1 Å². The molecule has 208 valence electrons. The number of nitrogens with two attached hydrogens (primary N) is 1. The Morgan fingerprint density at radius 1 is 1.40 bits per heavy atom. The summed E-state index contributed by atoms with van der Waals surface area (Å²) in [7, 11) is 0. The first-order valence-corrected chi connectivity index (χ1v) is 13.8. The maximum atomic E-state index is 13.1. The van der Waals surface area contributed by atoms with Crippen molar-refractivity contribution in [1.82, 2.24) is 25.2 Å². The molecule has 1 unspecified atom stereocenters. The topological polar surface area (TPSA) is 209 Å². The molecule has 3 aromatic heterocycles. The monoisotopic (exact) mass is 586 g/mol. The van der Waals surface area contributed by atoms with E-state index in [1.54, 1.807) is 36.3 Å². The zero-order chi connectivity index (χ0) is 28.4. The van der Waals surface area contributed by atoms with Gasteiger partial charge in [-0.25, -0.2) is 14.8 Å². The van der Waals surface area contributed by atoms with Crippen molar-refractivity contribution in [2.45, 2.75) is 24.9 Å². The molecule has 2 aliphatic rings. The number of hydrogen-bond donors (Lipinski definition) is 3. The predicted molar refractivity (Wildman–Crippen MR) is 139 cm³/mol. The van der Waals surface area contributed by atoms with Gasteiger partial charge in [0.1, 0.15) is 28.1 Å². The Morgan fingerprint density at radius 2 is 2.23 bits per heavy atom. The minimum atomic E-state index is -1.49. The van der Waals surface area contributed by atoms with Crippen LogP contribution in [0.4, 0.5) is 5.13 Å². The number of nitrogens with zero attached hydrogens (tertiary/aromatic N) is 5. The summed E-state index contributed by atoms with van der Waals surface area (Å²) in [5.74, 6) is -3.34. The summed E-state index contributed by atoms with van der Waals surface area (Å²) in [6.45, 7) is 1.43. The van der Waals surface area contributed by atoms with Gasteiger partial charge in [0.25, 0.3) is 11.8 Å². The van der Waals surface area contributed by atoms with Crippen molar-refractivity contribution in [1.29, 1.82) is 0 Å². The first-order chi connectivity index (χ1) is 19.3. The number of aromatic nitrogens is 4. The van der Waals surface area contributed by atoms with Crippen LogP contribution in [0.2, 0.25) is 0 Å². The van der Waals surface area contributed by atoms with Gasteiger partial charge in [0.05, 0.1) is 24.6 Å². The zero-order valence-corrected chi connectivity index (χ0v) is 22.5. The van der Waals surface area contributed by atoms with Crippen LogP contribution in [-0.2, 0) is 35.3 Å². The van der Waals surface area contributed by atoms with E-state index in [0.717, 1.165) is 27.3 Å². The number of H-pyrrole nitrogens is 1. The Kier molecular flexibility index (Phi) is 7.65. The van der Waals surface area contributed by atoms with E-state index in [-0.39, 0.29) is 41.1 Å². The standard InChI is InChI=1S/C23H22N8O7S2/c1-2-37-15(32)7-38-29-16(14-9-40-23(24)27-14)19(33)28-17-20(34)31-18(22(35)36)11(8-39-21(17)31)5-30-4-3-12-13(6-30)26-10-25-12/h3-4,6,9-10,17,21H,2,5,7-8H2,1H3,(H4,24,27,28,33,35,36)/t17?,21-/m0/s1. The van der Waals surface area contributed by atoms with Crippen LogP contribution in [0.5, 0.6) is 0 Å². The average Bonchev–Trinajstić information content (AvgIpc) is 3.57. The van der Waals surface area contributed by atoms with Crippen LogP contribution < -0.4 is 20.7 Å². The number of oxime groups is 1. The fraction of sp³-hybridized carbons (Fsp3) is 0.304. The molecule has 3 aromatic rings. The maximum Gasteiger partial charge on any atom is 0.347 e. The average molecular weight is 587 g/mol. The number of carboxylic acid groups (broad SMARTS) is 1. The lowest BCUT2D eigenvalue weighted by molar-refractivity contribution is -0.687. The first-order valence-electron chi connectivity index (χ1n) is 11.8.